The lowest BCUT2D eigenvalue weighted by molar-refractivity contribution is 1.01. The van der Waals surface area contributed by atoms with Crippen molar-refractivity contribution in [1.29, 1.82) is 0 Å². The molecule has 0 aliphatic heterocycles. The fourth-order valence-electron chi connectivity index (χ4n) is 2.33. The SMILES string of the molecule is Cc1cccc(-n2c(N)cc3ccccc3c2=O)c1Br. The monoisotopic (exact) mass is 328 g/mol. The first-order valence-corrected chi connectivity index (χ1v) is 7.04. The molecule has 0 radical (unpaired) electrons. The zero-order valence-corrected chi connectivity index (χ0v) is 12.5. The molecule has 3 rings (SSSR count). The number of nitrogens with zero attached hydrogens (tertiary/aromatic N) is 1. The van der Waals surface area contributed by atoms with Crippen LogP contribution in [0, 0.1) is 6.92 Å². The Labute approximate surface area is 124 Å². The van der Waals surface area contributed by atoms with Crippen LogP contribution in [0.3, 0.4) is 0 Å². The molecule has 2 aromatic carbocycles. The molecular weight excluding hydrogens is 316 g/mol. The predicted octanol–water partition coefficient (Wildman–Crippen LogP) is 3.64. The maximum Gasteiger partial charge on any atom is 0.264 e. The maximum absolute atomic E-state index is 12.7. The third kappa shape index (κ3) is 1.93. The largest absolute Gasteiger partial charge is 0.385 e. The fourth-order valence-corrected chi connectivity index (χ4v) is 2.77. The van der Waals surface area contributed by atoms with E-state index in [2.05, 4.69) is 15.9 Å². The van der Waals surface area contributed by atoms with Crippen molar-refractivity contribution in [2.45, 2.75) is 6.92 Å². The summed E-state index contributed by atoms with van der Waals surface area (Å²) in [5, 5.41) is 1.52. The maximum atomic E-state index is 12.7. The van der Waals surface area contributed by atoms with Crippen molar-refractivity contribution >= 4 is 32.5 Å². The van der Waals surface area contributed by atoms with E-state index in [1.54, 1.807) is 4.57 Å². The van der Waals surface area contributed by atoms with Crippen LogP contribution in [-0.4, -0.2) is 4.57 Å². The summed E-state index contributed by atoms with van der Waals surface area (Å²) < 4.78 is 2.42. The molecule has 0 amide bonds. The molecule has 0 aliphatic rings. The average Bonchev–Trinajstić information content (AvgIpc) is 2.43. The zero-order valence-electron chi connectivity index (χ0n) is 10.9. The van der Waals surface area contributed by atoms with Gasteiger partial charge >= 0.3 is 0 Å². The quantitative estimate of drug-likeness (QED) is 0.741. The number of hydrogen-bond acceptors (Lipinski definition) is 2. The number of pyridine rings is 1. The predicted molar refractivity (Wildman–Crippen MR) is 86.4 cm³/mol. The summed E-state index contributed by atoms with van der Waals surface area (Å²) in [5.74, 6) is 0.431. The summed E-state index contributed by atoms with van der Waals surface area (Å²) in [6.07, 6.45) is 0. The van der Waals surface area contributed by atoms with Gasteiger partial charge in [-0.15, -0.1) is 0 Å². The third-order valence-corrected chi connectivity index (χ3v) is 4.40. The smallest absolute Gasteiger partial charge is 0.264 e. The average molecular weight is 329 g/mol. The summed E-state index contributed by atoms with van der Waals surface area (Å²) in [6, 6.07) is 15.1. The topological polar surface area (TPSA) is 48.0 Å². The van der Waals surface area contributed by atoms with E-state index in [9.17, 15) is 4.79 Å². The number of aromatic nitrogens is 1. The number of benzene rings is 2. The van der Waals surface area contributed by atoms with E-state index in [0.717, 1.165) is 21.1 Å². The Morgan fingerprint density at radius 3 is 2.65 bits per heavy atom. The van der Waals surface area contributed by atoms with E-state index in [1.165, 1.54) is 0 Å². The molecule has 0 fully saturated rings. The van der Waals surface area contributed by atoms with Crippen molar-refractivity contribution in [3.63, 3.8) is 0 Å². The van der Waals surface area contributed by atoms with Gasteiger partial charge in [0, 0.05) is 9.86 Å². The van der Waals surface area contributed by atoms with Crippen LogP contribution >= 0.6 is 15.9 Å². The van der Waals surface area contributed by atoms with E-state index < -0.39 is 0 Å². The van der Waals surface area contributed by atoms with Crippen LogP contribution in [-0.2, 0) is 0 Å². The Balaban J connectivity index is 2.43. The van der Waals surface area contributed by atoms with E-state index >= 15 is 0 Å². The number of nitrogens with two attached hydrogens (primary N) is 1. The van der Waals surface area contributed by atoms with Crippen molar-refractivity contribution in [1.82, 2.24) is 4.57 Å². The van der Waals surface area contributed by atoms with Crippen LogP contribution in [0.2, 0.25) is 0 Å². The highest BCUT2D eigenvalue weighted by Crippen LogP contribution is 2.26. The highest BCUT2D eigenvalue weighted by molar-refractivity contribution is 9.10. The summed E-state index contributed by atoms with van der Waals surface area (Å²) in [6.45, 7) is 1.98. The van der Waals surface area contributed by atoms with E-state index in [-0.39, 0.29) is 5.56 Å². The van der Waals surface area contributed by atoms with Gasteiger partial charge in [-0.25, -0.2) is 0 Å². The van der Waals surface area contributed by atoms with Gasteiger partial charge in [-0.05, 0) is 52.0 Å². The normalized spacial score (nSPS) is 10.9. The standard InChI is InChI=1S/C16H13BrN2O/c1-10-5-4-8-13(15(10)17)19-14(18)9-11-6-2-3-7-12(11)16(19)20/h2-9H,18H2,1H3. The van der Waals surface area contributed by atoms with Crippen LogP contribution < -0.4 is 11.3 Å². The fraction of sp³-hybridized carbons (Fsp3) is 0.0625. The molecule has 4 heteroatoms. The van der Waals surface area contributed by atoms with Gasteiger partial charge < -0.3 is 5.73 Å². The van der Waals surface area contributed by atoms with Crippen LogP contribution in [0.25, 0.3) is 16.5 Å². The Morgan fingerprint density at radius 2 is 1.85 bits per heavy atom. The van der Waals surface area contributed by atoms with Crippen LogP contribution in [0.15, 0.2) is 57.8 Å². The van der Waals surface area contributed by atoms with Gasteiger partial charge in [0.25, 0.3) is 5.56 Å². The van der Waals surface area contributed by atoms with Gasteiger partial charge in [0.2, 0.25) is 0 Å². The lowest BCUT2D eigenvalue weighted by Gasteiger charge is -2.14. The summed E-state index contributed by atoms with van der Waals surface area (Å²) in [4.78, 5) is 12.7. The Morgan fingerprint density at radius 1 is 1.10 bits per heavy atom. The van der Waals surface area contributed by atoms with Crippen molar-refractivity contribution in [2.24, 2.45) is 0 Å². The number of rotatable bonds is 1. The molecule has 0 aliphatic carbocycles. The summed E-state index contributed by atoms with van der Waals surface area (Å²) in [7, 11) is 0. The minimum atomic E-state index is -0.105. The first-order valence-electron chi connectivity index (χ1n) is 6.25. The van der Waals surface area contributed by atoms with Crippen molar-refractivity contribution in [3.8, 4) is 5.69 Å². The highest BCUT2D eigenvalue weighted by Gasteiger charge is 2.12. The molecule has 0 spiro atoms. The van der Waals surface area contributed by atoms with Gasteiger partial charge in [0.1, 0.15) is 5.82 Å². The Hall–Kier alpha value is -2.07. The summed E-state index contributed by atoms with van der Waals surface area (Å²) >= 11 is 3.53. The molecule has 0 unspecified atom stereocenters. The lowest BCUT2D eigenvalue weighted by Crippen LogP contribution is -2.21. The second-order valence-corrected chi connectivity index (χ2v) is 5.50. The zero-order chi connectivity index (χ0) is 14.3. The number of anilines is 1. The van der Waals surface area contributed by atoms with Gasteiger partial charge in [-0.1, -0.05) is 30.3 Å². The molecule has 0 saturated carbocycles. The molecule has 20 heavy (non-hydrogen) atoms. The summed E-state index contributed by atoms with van der Waals surface area (Å²) in [5.41, 5.74) is 7.80. The number of fused-ring (bicyclic) bond motifs is 1. The molecule has 0 bridgehead atoms. The Bertz CT molecular complexity index is 868. The van der Waals surface area contributed by atoms with E-state index in [1.807, 2.05) is 55.5 Å². The minimum absolute atomic E-state index is 0.105. The van der Waals surface area contributed by atoms with Crippen molar-refractivity contribution in [3.05, 3.63) is 68.9 Å². The van der Waals surface area contributed by atoms with Gasteiger partial charge in [-0.2, -0.15) is 0 Å². The molecule has 0 saturated heterocycles. The van der Waals surface area contributed by atoms with Crippen LogP contribution in [0.1, 0.15) is 5.56 Å². The first-order chi connectivity index (χ1) is 9.59. The van der Waals surface area contributed by atoms with E-state index in [4.69, 9.17) is 5.73 Å². The Kier molecular flexibility index (Phi) is 3.10. The molecule has 1 heterocycles. The van der Waals surface area contributed by atoms with Crippen molar-refractivity contribution in [2.75, 3.05) is 5.73 Å². The molecule has 1 aromatic heterocycles. The number of aryl methyl sites for hydroxylation is 1. The van der Waals surface area contributed by atoms with Crippen molar-refractivity contribution < 1.29 is 0 Å². The molecule has 2 N–H and O–H groups in total. The van der Waals surface area contributed by atoms with Crippen LogP contribution in [0.4, 0.5) is 5.82 Å². The van der Waals surface area contributed by atoms with Gasteiger partial charge in [0.05, 0.1) is 5.69 Å². The number of hydrogen-bond donors (Lipinski definition) is 1. The molecule has 100 valence electrons. The first kappa shape index (κ1) is 12.9. The number of halogens is 1. The van der Waals surface area contributed by atoms with Crippen LogP contribution in [0.5, 0.6) is 0 Å². The second kappa shape index (κ2) is 4.80. The molecule has 0 atom stereocenters. The molecule has 3 nitrogen and oxygen atoms in total. The van der Waals surface area contributed by atoms with Gasteiger partial charge in [0.15, 0.2) is 0 Å². The lowest BCUT2D eigenvalue weighted by atomic mass is 10.1. The molecular formula is C16H13BrN2O. The molecule has 3 aromatic rings. The second-order valence-electron chi connectivity index (χ2n) is 4.71. The highest BCUT2D eigenvalue weighted by atomic mass is 79.9. The van der Waals surface area contributed by atoms with Gasteiger partial charge in [-0.3, -0.25) is 9.36 Å². The van der Waals surface area contributed by atoms with E-state index in [0.29, 0.717) is 11.2 Å². The minimum Gasteiger partial charge on any atom is -0.385 e. The number of nitrogen functional groups attached to an aromatic ring is 1. The third-order valence-electron chi connectivity index (χ3n) is 3.37.